The van der Waals surface area contributed by atoms with Crippen molar-refractivity contribution in [3.05, 3.63) is 29.3 Å². The Morgan fingerprint density at radius 1 is 1.44 bits per heavy atom. The van der Waals surface area contributed by atoms with Crippen molar-refractivity contribution in [3.8, 4) is 5.75 Å². The molecule has 0 amide bonds. The minimum Gasteiger partial charge on any atom is -0.496 e. The molecule has 3 nitrogen and oxygen atoms in total. The van der Waals surface area contributed by atoms with Gasteiger partial charge in [0, 0.05) is 30.0 Å². The summed E-state index contributed by atoms with van der Waals surface area (Å²) in [7, 11) is 3.74. The molecule has 0 spiro atoms. The SMILES string of the molecule is COc1ccc(C(C)=O)cc1CN(C)CCSC. The number of ether oxygens (including phenoxy) is 1. The first kappa shape index (κ1) is 15.1. The van der Waals surface area contributed by atoms with Crippen molar-refractivity contribution >= 4 is 17.5 Å². The largest absolute Gasteiger partial charge is 0.496 e. The second kappa shape index (κ2) is 7.44. The van der Waals surface area contributed by atoms with Gasteiger partial charge in [0.15, 0.2) is 5.78 Å². The van der Waals surface area contributed by atoms with E-state index in [4.69, 9.17) is 4.74 Å². The lowest BCUT2D eigenvalue weighted by atomic mass is 10.1. The molecule has 0 aromatic heterocycles. The fraction of sp³-hybridized carbons (Fsp3) is 0.500. The average Bonchev–Trinajstić information content (AvgIpc) is 2.36. The number of carbonyl (C=O) groups excluding carboxylic acids is 1. The topological polar surface area (TPSA) is 29.5 Å². The van der Waals surface area contributed by atoms with Crippen molar-refractivity contribution in [2.45, 2.75) is 13.5 Å². The molecule has 18 heavy (non-hydrogen) atoms. The van der Waals surface area contributed by atoms with Gasteiger partial charge in [-0.25, -0.2) is 0 Å². The van der Waals surface area contributed by atoms with Crippen LogP contribution in [0, 0.1) is 0 Å². The summed E-state index contributed by atoms with van der Waals surface area (Å²) in [6.45, 7) is 3.41. The maximum absolute atomic E-state index is 11.4. The fourth-order valence-corrected chi connectivity index (χ4v) is 2.23. The smallest absolute Gasteiger partial charge is 0.159 e. The van der Waals surface area contributed by atoms with Crippen LogP contribution in [0.4, 0.5) is 0 Å². The molecule has 0 fully saturated rings. The summed E-state index contributed by atoms with van der Waals surface area (Å²) in [4.78, 5) is 13.6. The van der Waals surface area contributed by atoms with Crippen molar-refractivity contribution in [1.82, 2.24) is 4.90 Å². The van der Waals surface area contributed by atoms with Crippen LogP contribution in [0.15, 0.2) is 18.2 Å². The predicted octanol–water partition coefficient (Wildman–Crippen LogP) is 2.69. The van der Waals surface area contributed by atoms with E-state index in [-0.39, 0.29) is 5.78 Å². The molecule has 0 unspecified atom stereocenters. The first-order valence-corrected chi connectivity index (χ1v) is 7.33. The number of ketones is 1. The van der Waals surface area contributed by atoms with Crippen LogP contribution in [0.2, 0.25) is 0 Å². The maximum Gasteiger partial charge on any atom is 0.159 e. The van der Waals surface area contributed by atoms with E-state index in [0.29, 0.717) is 0 Å². The molecule has 0 bridgehead atoms. The summed E-state index contributed by atoms with van der Waals surface area (Å²) in [6.07, 6.45) is 2.10. The molecule has 0 heterocycles. The zero-order valence-electron chi connectivity index (χ0n) is 11.5. The van der Waals surface area contributed by atoms with E-state index in [1.54, 1.807) is 14.0 Å². The lowest BCUT2D eigenvalue weighted by Crippen LogP contribution is -2.21. The minimum atomic E-state index is 0.0886. The summed E-state index contributed by atoms with van der Waals surface area (Å²) >= 11 is 1.83. The minimum absolute atomic E-state index is 0.0886. The summed E-state index contributed by atoms with van der Waals surface area (Å²) in [5.41, 5.74) is 1.80. The second-order valence-corrected chi connectivity index (χ2v) is 5.30. The third-order valence-corrected chi connectivity index (χ3v) is 3.40. The van der Waals surface area contributed by atoms with E-state index in [9.17, 15) is 4.79 Å². The highest BCUT2D eigenvalue weighted by atomic mass is 32.2. The highest BCUT2D eigenvalue weighted by molar-refractivity contribution is 7.98. The van der Waals surface area contributed by atoms with Gasteiger partial charge in [-0.2, -0.15) is 11.8 Å². The van der Waals surface area contributed by atoms with Gasteiger partial charge >= 0.3 is 0 Å². The van der Waals surface area contributed by atoms with Gasteiger partial charge in [0.25, 0.3) is 0 Å². The van der Waals surface area contributed by atoms with Crippen LogP contribution in [0.25, 0.3) is 0 Å². The Hall–Kier alpha value is -1.00. The molecular weight excluding hydrogens is 246 g/mol. The summed E-state index contributed by atoms with van der Waals surface area (Å²) in [6, 6.07) is 5.61. The highest BCUT2D eigenvalue weighted by Crippen LogP contribution is 2.21. The Balaban J connectivity index is 2.84. The zero-order chi connectivity index (χ0) is 13.5. The summed E-state index contributed by atoms with van der Waals surface area (Å²) < 4.78 is 5.34. The maximum atomic E-state index is 11.4. The van der Waals surface area contributed by atoms with Gasteiger partial charge in [-0.1, -0.05) is 0 Å². The van der Waals surface area contributed by atoms with Crippen molar-refractivity contribution in [2.75, 3.05) is 32.7 Å². The van der Waals surface area contributed by atoms with Crippen LogP contribution in [-0.4, -0.2) is 43.4 Å². The quantitative estimate of drug-likeness (QED) is 0.710. The molecule has 0 saturated heterocycles. The second-order valence-electron chi connectivity index (χ2n) is 4.31. The van der Waals surface area contributed by atoms with Gasteiger partial charge in [-0.3, -0.25) is 4.79 Å². The number of carbonyl (C=O) groups is 1. The van der Waals surface area contributed by atoms with Gasteiger partial charge in [0.2, 0.25) is 0 Å². The number of nitrogens with zero attached hydrogens (tertiary/aromatic N) is 1. The number of hydrogen-bond donors (Lipinski definition) is 0. The van der Waals surface area contributed by atoms with E-state index in [1.807, 2.05) is 30.0 Å². The standard InChI is InChI=1S/C14H21NO2S/c1-11(16)12-5-6-14(17-3)13(9-12)10-15(2)7-8-18-4/h5-6,9H,7-8,10H2,1-4H3. The molecule has 1 aromatic rings. The van der Waals surface area contributed by atoms with Crippen molar-refractivity contribution in [2.24, 2.45) is 0 Å². The van der Waals surface area contributed by atoms with Crippen LogP contribution >= 0.6 is 11.8 Å². The van der Waals surface area contributed by atoms with E-state index in [0.717, 1.165) is 35.7 Å². The molecule has 1 rings (SSSR count). The van der Waals surface area contributed by atoms with Gasteiger partial charge in [0.05, 0.1) is 7.11 Å². The molecule has 0 radical (unpaired) electrons. The molecule has 0 saturated carbocycles. The van der Waals surface area contributed by atoms with Crippen LogP contribution in [0.5, 0.6) is 5.75 Å². The van der Waals surface area contributed by atoms with Crippen LogP contribution < -0.4 is 4.74 Å². The normalized spacial score (nSPS) is 10.7. The molecule has 1 aromatic carbocycles. The van der Waals surface area contributed by atoms with Crippen molar-refractivity contribution in [1.29, 1.82) is 0 Å². The molecule has 0 aliphatic rings. The first-order chi connectivity index (χ1) is 8.58. The highest BCUT2D eigenvalue weighted by Gasteiger charge is 2.09. The fourth-order valence-electron chi connectivity index (χ4n) is 1.74. The summed E-state index contributed by atoms with van der Waals surface area (Å²) in [5.74, 6) is 2.03. The van der Waals surface area contributed by atoms with Gasteiger partial charge < -0.3 is 9.64 Å². The molecule has 4 heteroatoms. The number of Topliss-reactive ketones (excluding diaryl/α,β-unsaturated/α-hetero) is 1. The Morgan fingerprint density at radius 2 is 2.17 bits per heavy atom. The van der Waals surface area contributed by atoms with E-state index < -0.39 is 0 Å². The molecule has 0 atom stereocenters. The lowest BCUT2D eigenvalue weighted by molar-refractivity contribution is 0.101. The van der Waals surface area contributed by atoms with E-state index in [2.05, 4.69) is 18.2 Å². The predicted molar refractivity (Wildman–Crippen MR) is 77.7 cm³/mol. The van der Waals surface area contributed by atoms with Gasteiger partial charge in [0.1, 0.15) is 5.75 Å². The number of thioether (sulfide) groups is 1. The zero-order valence-corrected chi connectivity index (χ0v) is 12.3. The van der Waals surface area contributed by atoms with Gasteiger partial charge in [-0.15, -0.1) is 0 Å². The first-order valence-electron chi connectivity index (χ1n) is 5.93. The van der Waals surface area contributed by atoms with Crippen molar-refractivity contribution in [3.63, 3.8) is 0 Å². The van der Waals surface area contributed by atoms with Crippen LogP contribution in [0.3, 0.4) is 0 Å². The molecule has 0 N–H and O–H groups in total. The summed E-state index contributed by atoms with van der Waals surface area (Å²) in [5, 5.41) is 0. The Morgan fingerprint density at radius 3 is 2.72 bits per heavy atom. The third kappa shape index (κ3) is 4.35. The number of benzene rings is 1. The number of hydrogen-bond acceptors (Lipinski definition) is 4. The van der Waals surface area contributed by atoms with Gasteiger partial charge in [-0.05, 0) is 38.4 Å². The van der Waals surface area contributed by atoms with Crippen LogP contribution in [-0.2, 0) is 6.54 Å². The van der Waals surface area contributed by atoms with Crippen molar-refractivity contribution < 1.29 is 9.53 Å². The van der Waals surface area contributed by atoms with E-state index >= 15 is 0 Å². The van der Waals surface area contributed by atoms with E-state index in [1.165, 1.54) is 0 Å². The number of methoxy groups -OCH3 is 1. The Labute approximate surface area is 114 Å². The molecule has 100 valence electrons. The molecule has 0 aliphatic carbocycles. The lowest BCUT2D eigenvalue weighted by Gasteiger charge is -2.18. The molecule has 0 aliphatic heterocycles. The Kier molecular flexibility index (Phi) is 6.22. The number of rotatable bonds is 7. The monoisotopic (exact) mass is 267 g/mol. The third-order valence-electron chi connectivity index (χ3n) is 2.80. The molecular formula is C14H21NO2S. The average molecular weight is 267 g/mol. The van der Waals surface area contributed by atoms with Crippen LogP contribution in [0.1, 0.15) is 22.8 Å². The Bertz CT molecular complexity index is 407.